The molecular formula is C8H10N2O. The van der Waals surface area contributed by atoms with Gasteiger partial charge in [0, 0.05) is 11.6 Å². The van der Waals surface area contributed by atoms with E-state index in [1.165, 1.54) is 0 Å². The van der Waals surface area contributed by atoms with Crippen LogP contribution in [0, 0.1) is 0 Å². The summed E-state index contributed by atoms with van der Waals surface area (Å²) in [6.45, 7) is 3.60. The van der Waals surface area contributed by atoms with Gasteiger partial charge in [-0.3, -0.25) is 0 Å². The zero-order chi connectivity index (χ0) is 8.27. The molecule has 0 radical (unpaired) electrons. The molecule has 0 unspecified atom stereocenters. The van der Waals surface area contributed by atoms with Crippen LogP contribution in [-0.2, 0) is 0 Å². The molecule has 0 amide bonds. The van der Waals surface area contributed by atoms with Crippen LogP contribution in [0.25, 0.3) is 6.08 Å². The maximum absolute atomic E-state index is 5.57. The predicted octanol–water partition coefficient (Wildman–Crippen LogP) is 1.32. The lowest BCUT2D eigenvalue weighted by atomic mass is 10.2. The Morgan fingerprint density at radius 1 is 1.73 bits per heavy atom. The van der Waals surface area contributed by atoms with Gasteiger partial charge in [0.15, 0.2) is 0 Å². The van der Waals surface area contributed by atoms with Gasteiger partial charge in [-0.15, -0.1) is 0 Å². The Morgan fingerprint density at radius 3 is 3.00 bits per heavy atom. The van der Waals surface area contributed by atoms with E-state index in [2.05, 4.69) is 11.6 Å². The van der Waals surface area contributed by atoms with E-state index in [-0.39, 0.29) is 0 Å². The zero-order valence-electron chi connectivity index (χ0n) is 6.37. The van der Waals surface area contributed by atoms with Gasteiger partial charge in [-0.25, -0.2) is 4.98 Å². The van der Waals surface area contributed by atoms with Crippen molar-refractivity contribution >= 4 is 11.8 Å². The largest absolute Gasteiger partial charge is 0.481 e. The van der Waals surface area contributed by atoms with Crippen LogP contribution < -0.4 is 10.5 Å². The Labute approximate surface area is 65.5 Å². The highest BCUT2D eigenvalue weighted by molar-refractivity contribution is 5.63. The number of aromatic nitrogens is 1. The number of ether oxygens (including phenoxy) is 1. The van der Waals surface area contributed by atoms with Gasteiger partial charge in [0.1, 0.15) is 0 Å². The molecule has 1 aromatic rings. The molecule has 1 aromatic heterocycles. The minimum atomic E-state index is 0.550. The maximum Gasteiger partial charge on any atom is 0.213 e. The summed E-state index contributed by atoms with van der Waals surface area (Å²) in [5.41, 5.74) is 7.02. The van der Waals surface area contributed by atoms with Gasteiger partial charge in [-0.2, -0.15) is 0 Å². The first-order chi connectivity index (χ1) is 5.27. The van der Waals surface area contributed by atoms with E-state index in [0.717, 1.165) is 5.56 Å². The van der Waals surface area contributed by atoms with Crippen molar-refractivity contribution in [3.8, 4) is 5.88 Å². The lowest BCUT2D eigenvalue weighted by Gasteiger charge is -2.01. The lowest BCUT2D eigenvalue weighted by molar-refractivity contribution is 0.398. The first kappa shape index (κ1) is 7.60. The van der Waals surface area contributed by atoms with Crippen molar-refractivity contribution < 1.29 is 4.74 Å². The van der Waals surface area contributed by atoms with Gasteiger partial charge in [0.05, 0.1) is 19.0 Å². The fourth-order valence-corrected chi connectivity index (χ4v) is 0.750. The summed E-state index contributed by atoms with van der Waals surface area (Å²) in [7, 11) is 1.56. The minimum Gasteiger partial charge on any atom is -0.481 e. The number of methoxy groups -OCH3 is 1. The third-order valence-corrected chi connectivity index (χ3v) is 1.37. The van der Waals surface area contributed by atoms with Crippen molar-refractivity contribution in [2.24, 2.45) is 0 Å². The van der Waals surface area contributed by atoms with Gasteiger partial charge >= 0.3 is 0 Å². The zero-order valence-corrected chi connectivity index (χ0v) is 6.37. The summed E-state index contributed by atoms with van der Waals surface area (Å²) in [6, 6.07) is 1.74. The molecule has 1 heterocycles. The van der Waals surface area contributed by atoms with E-state index in [1.54, 1.807) is 25.4 Å². The summed E-state index contributed by atoms with van der Waals surface area (Å²) in [5.74, 6) is 0.550. The summed E-state index contributed by atoms with van der Waals surface area (Å²) in [6.07, 6.45) is 3.22. The van der Waals surface area contributed by atoms with Gasteiger partial charge in [0.25, 0.3) is 0 Å². The van der Waals surface area contributed by atoms with E-state index >= 15 is 0 Å². The molecule has 0 aromatic carbocycles. The quantitative estimate of drug-likeness (QED) is 0.691. The average Bonchev–Trinajstić information content (AvgIpc) is 2.05. The second kappa shape index (κ2) is 3.05. The highest BCUT2D eigenvalue weighted by Crippen LogP contribution is 2.16. The summed E-state index contributed by atoms with van der Waals surface area (Å²) in [5, 5.41) is 0. The molecule has 58 valence electrons. The average molecular weight is 150 g/mol. The van der Waals surface area contributed by atoms with Gasteiger partial charge in [0.2, 0.25) is 5.88 Å². The number of hydrogen-bond acceptors (Lipinski definition) is 3. The normalized spacial score (nSPS) is 9.18. The standard InChI is InChI=1S/C8H10N2O/c1-3-6-4-8(11-2)10-5-7(6)9/h3-5H,1,9H2,2H3. The third kappa shape index (κ3) is 1.49. The van der Waals surface area contributed by atoms with Crippen LogP contribution in [0.2, 0.25) is 0 Å². The topological polar surface area (TPSA) is 48.1 Å². The van der Waals surface area contributed by atoms with E-state index < -0.39 is 0 Å². The molecule has 0 saturated carbocycles. The molecule has 3 nitrogen and oxygen atoms in total. The Morgan fingerprint density at radius 2 is 2.45 bits per heavy atom. The monoisotopic (exact) mass is 150 g/mol. The number of nitrogen functional groups attached to an aromatic ring is 1. The number of anilines is 1. The van der Waals surface area contributed by atoms with Crippen LogP contribution >= 0.6 is 0 Å². The molecule has 0 spiro atoms. The van der Waals surface area contributed by atoms with E-state index in [9.17, 15) is 0 Å². The molecular weight excluding hydrogens is 140 g/mol. The van der Waals surface area contributed by atoms with Crippen molar-refractivity contribution in [2.75, 3.05) is 12.8 Å². The Hall–Kier alpha value is -1.51. The Balaban J connectivity index is 3.12. The number of nitrogens with two attached hydrogens (primary N) is 1. The van der Waals surface area contributed by atoms with E-state index in [0.29, 0.717) is 11.6 Å². The van der Waals surface area contributed by atoms with Crippen molar-refractivity contribution in [2.45, 2.75) is 0 Å². The number of pyridine rings is 1. The summed E-state index contributed by atoms with van der Waals surface area (Å²) in [4.78, 5) is 3.91. The van der Waals surface area contributed by atoms with Gasteiger partial charge < -0.3 is 10.5 Å². The molecule has 0 bridgehead atoms. The minimum absolute atomic E-state index is 0.550. The molecule has 0 saturated heterocycles. The third-order valence-electron chi connectivity index (χ3n) is 1.37. The van der Waals surface area contributed by atoms with E-state index in [4.69, 9.17) is 10.5 Å². The molecule has 1 rings (SSSR count). The first-order valence-corrected chi connectivity index (χ1v) is 3.20. The van der Waals surface area contributed by atoms with Crippen LogP contribution in [0.1, 0.15) is 5.56 Å². The summed E-state index contributed by atoms with van der Waals surface area (Å²) >= 11 is 0. The van der Waals surface area contributed by atoms with Crippen molar-refractivity contribution in [1.82, 2.24) is 4.98 Å². The van der Waals surface area contributed by atoms with Gasteiger partial charge in [-0.05, 0) is 0 Å². The Bertz CT molecular complexity index is 271. The molecule has 3 heteroatoms. The van der Waals surface area contributed by atoms with Crippen LogP contribution in [0.3, 0.4) is 0 Å². The molecule has 0 aliphatic heterocycles. The molecule has 0 fully saturated rings. The molecule has 0 aliphatic carbocycles. The van der Waals surface area contributed by atoms with Crippen LogP contribution in [0.5, 0.6) is 5.88 Å². The first-order valence-electron chi connectivity index (χ1n) is 3.20. The number of hydrogen-bond donors (Lipinski definition) is 1. The molecule has 0 atom stereocenters. The molecule has 2 N–H and O–H groups in total. The number of nitrogens with zero attached hydrogens (tertiary/aromatic N) is 1. The van der Waals surface area contributed by atoms with Crippen LogP contribution in [0.15, 0.2) is 18.8 Å². The van der Waals surface area contributed by atoms with Crippen molar-refractivity contribution in [3.05, 3.63) is 24.4 Å². The van der Waals surface area contributed by atoms with E-state index in [1.807, 2.05) is 0 Å². The van der Waals surface area contributed by atoms with Gasteiger partial charge in [-0.1, -0.05) is 12.7 Å². The fraction of sp³-hybridized carbons (Fsp3) is 0.125. The smallest absolute Gasteiger partial charge is 0.213 e. The highest BCUT2D eigenvalue weighted by Gasteiger charge is 1.97. The second-order valence-corrected chi connectivity index (χ2v) is 2.06. The predicted molar refractivity (Wildman–Crippen MR) is 45.3 cm³/mol. The fourth-order valence-electron chi connectivity index (χ4n) is 0.750. The van der Waals surface area contributed by atoms with Crippen molar-refractivity contribution in [1.29, 1.82) is 0 Å². The van der Waals surface area contributed by atoms with Crippen LogP contribution in [0.4, 0.5) is 5.69 Å². The highest BCUT2D eigenvalue weighted by atomic mass is 16.5. The molecule has 11 heavy (non-hydrogen) atoms. The lowest BCUT2D eigenvalue weighted by Crippen LogP contribution is -1.93. The van der Waals surface area contributed by atoms with Crippen molar-refractivity contribution in [3.63, 3.8) is 0 Å². The van der Waals surface area contributed by atoms with Crippen LogP contribution in [-0.4, -0.2) is 12.1 Å². The molecule has 0 aliphatic rings. The summed E-state index contributed by atoms with van der Waals surface area (Å²) < 4.78 is 4.90. The maximum atomic E-state index is 5.57. The Kier molecular flexibility index (Phi) is 2.11. The number of rotatable bonds is 2. The second-order valence-electron chi connectivity index (χ2n) is 2.06. The SMILES string of the molecule is C=Cc1cc(OC)ncc1N.